The third-order valence-corrected chi connectivity index (χ3v) is 7.86. The Balaban J connectivity index is 1.66. The number of Topliss-reactive ketones (excluding diaryl/α,β-unsaturated/α-hetero) is 1. The number of piperidine rings is 1. The van der Waals surface area contributed by atoms with Crippen molar-refractivity contribution in [1.82, 2.24) is 14.5 Å². The maximum atomic E-state index is 13.7. The van der Waals surface area contributed by atoms with E-state index in [1.54, 1.807) is 13.0 Å². The Kier molecular flexibility index (Phi) is 7.55. The lowest BCUT2D eigenvalue weighted by Crippen LogP contribution is -2.49. The summed E-state index contributed by atoms with van der Waals surface area (Å²) in [7, 11) is 3.02. The van der Waals surface area contributed by atoms with Gasteiger partial charge in [0, 0.05) is 40.3 Å². The molecule has 4 rings (SSSR count). The molecule has 0 aliphatic carbocycles. The molecule has 9 heteroatoms. The monoisotopic (exact) mass is 517 g/mol. The zero-order valence-electron chi connectivity index (χ0n) is 21.9. The van der Waals surface area contributed by atoms with Crippen molar-refractivity contribution in [3.63, 3.8) is 0 Å². The summed E-state index contributed by atoms with van der Waals surface area (Å²) in [5.74, 6) is 0.150. The van der Waals surface area contributed by atoms with Crippen LogP contribution >= 0.6 is 0 Å². The molecule has 3 heterocycles. The molecule has 37 heavy (non-hydrogen) atoms. The zero-order chi connectivity index (χ0) is 27.1. The quantitative estimate of drug-likeness (QED) is 0.414. The molecule has 0 saturated carbocycles. The smallest absolute Gasteiger partial charge is 0.404 e. The lowest BCUT2D eigenvalue weighted by atomic mass is 9.85. The van der Waals surface area contributed by atoms with Crippen LogP contribution in [0.15, 0.2) is 35.1 Å². The molecule has 3 atom stereocenters. The number of pyridine rings is 1. The number of ether oxygens (including phenoxy) is 1. The number of hydrogen-bond acceptors (Lipinski definition) is 4. The number of nitrogens with zero attached hydrogens (tertiary/aromatic N) is 2. The van der Waals surface area contributed by atoms with Crippen molar-refractivity contribution in [2.24, 2.45) is 5.92 Å². The van der Waals surface area contributed by atoms with E-state index >= 15 is 0 Å². The van der Waals surface area contributed by atoms with E-state index < -0.39 is 12.2 Å². The summed E-state index contributed by atoms with van der Waals surface area (Å²) in [5.41, 5.74) is 2.95. The topological polar surface area (TPSA) is 67.3 Å². The van der Waals surface area contributed by atoms with Gasteiger partial charge in [0.05, 0.1) is 12.7 Å². The number of hydrogen-bond donors (Lipinski definition) is 1. The first kappa shape index (κ1) is 27.0. The number of aryl methyl sites for hydroxylation is 1. The third kappa shape index (κ3) is 5.19. The first-order chi connectivity index (χ1) is 17.4. The van der Waals surface area contributed by atoms with E-state index in [2.05, 4.69) is 4.98 Å². The Hall–Kier alpha value is -3.07. The highest BCUT2D eigenvalue weighted by Gasteiger charge is 2.46. The first-order valence-electron chi connectivity index (χ1n) is 12.6. The van der Waals surface area contributed by atoms with Crippen LogP contribution in [0.2, 0.25) is 0 Å². The zero-order valence-corrected chi connectivity index (χ0v) is 21.9. The fourth-order valence-electron chi connectivity index (χ4n) is 5.88. The van der Waals surface area contributed by atoms with Crippen LogP contribution in [0, 0.1) is 19.8 Å². The van der Waals surface area contributed by atoms with Gasteiger partial charge in [-0.05, 0) is 71.7 Å². The minimum atomic E-state index is -4.28. The van der Waals surface area contributed by atoms with E-state index in [4.69, 9.17) is 4.74 Å². The molecule has 2 aromatic heterocycles. The largest absolute Gasteiger partial charge is 0.496 e. The first-order valence-corrected chi connectivity index (χ1v) is 12.6. The molecule has 0 radical (unpaired) electrons. The molecular weight excluding hydrogens is 483 g/mol. The lowest BCUT2D eigenvalue weighted by molar-refractivity contribution is -0.192. The number of carbonyl (C=O) groups excluding carboxylic acids is 1. The molecule has 1 aliphatic heterocycles. The Morgan fingerprint density at radius 2 is 1.95 bits per heavy atom. The second kappa shape index (κ2) is 10.4. The fraction of sp³-hybridized carbons (Fsp3) is 0.500. The van der Waals surface area contributed by atoms with Gasteiger partial charge in [-0.25, -0.2) is 0 Å². The van der Waals surface area contributed by atoms with Gasteiger partial charge in [0.1, 0.15) is 11.8 Å². The molecule has 200 valence electrons. The molecule has 3 aromatic rings. The standard InChI is InChI=1S/C28H34F3N3O3/c1-16-14-24(37-5)21(27(36)32-16)10-11-23(35)26-18(3)34(22-9-7-6-8-20(22)26)17(2)19-12-13-33(4)25(15-19)28(29,30)31/h6-9,14,17,19,25H,10-13,15H2,1-5H3,(H,32,36)/t17-,19+,25-/m1/s1. The maximum absolute atomic E-state index is 13.7. The average Bonchev–Trinajstić information content (AvgIpc) is 3.13. The SMILES string of the molecule is COc1cc(C)[nH]c(=O)c1CCC(=O)c1c(C)n([C@H](C)[C@H]2CCN(C)[C@@H](C(F)(F)F)C2)c2ccccc12. The van der Waals surface area contributed by atoms with Crippen LogP contribution in [0.3, 0.4) is 0 Å². The van der Waals surface area contributed by atoms with Crippen molar-refractivity contribution in [3.05, 3.63) is 63.2 Å². The van der Waals surface area contributed by atoms with Gasteiger partial charge in [0.15, 0.2) is 5.78 Å². The molecule has 6 nitrogen and oxygen atoms in total. The number of alkyl halides is 3. The molecule has 0 bridgehead atoms. The summed E-state index contributed by atoms with van der Waals surface area (Å²) in [5, 5.41) is 0.780. The molecule has 1 fully saturated rings. The number of benzene rings is 1. The molecule has 1 aromatic carbocycles. The molecule has 0 spiro atoms. The number of likely N-dealkylation sites (tertiary alicyclic amines) is 1. The van der Waals surface area contributed by atoms with Gasteiger partial charge in [-0.15, -0.1) is 0 Å². The van der Waals surface area contributed by atoms with Crippen molar-refractivity contribution in [3.8, 4) is 5.75 Å². The molecule has 0 unspecified atom stereocenters. The number of halogens is 3. The van der Waals surface area contributed by atoms with Gasteiger partial charge < -0.3 is 14.3 Å². The van der Waals surface area contributed by atoms with Crippen molar-refractivity contribution in [1.29, 1.82) is 0 Å². The Bertz CT molecular complexity index is 1360. The van der Waals surface area contributed by atoms with Crippen molar-refractivity contribution < 1.29 is 22.7 Å². The van der Waals surface area contributed by atoms with Crippen LogP contribution in [-0.4, -0.2) is 53.2 Å². The Morgan fingerprint density at radius 3 is 2.62 bits per heavy atom. The molecule has 1 saturated heterocycles. The third-order valence-electron chi connectivity index (χ3n) is 7.86. The summed E-state index contributed by atoms with van der Waals surface area (Å²) in [6, 6.07) is 7.57. The van der Waals surface area contributed by atoms with E-state index in [9.17, 15) is 22.8 Å². The predicted molar refractivity (Wildman–Crippen MR) is 138 cm³/mol. The van der Waals surface area contributed by atoms with Crippen LogP contribution in [0.4, 0.5) is 13.2 Å². The normalized spacial score (nSPS) is 19.8. The van der Waals surface area contributed by atoms with E-state index in [1.807, 2.05) is 42.7 Å². The minimum Gasteiger partial charge on any atom is -0.496 e. The number of H-pyrrole nitrogens is 1. The summed E-state index contributed by atoms with van der Waals surface area (Å²) < 4.78 is 48.4. The van der Waals surface area contributed by atoms with Gasteiger partial charge in [0.25, 0.3) is 5.56 Å². The van der Waals surface area contributed by atoms with Gasteiger partial charge in [0.2, 0.25) is 0 Å². The molecule has 0 amide bonds. The minimum absolute atomic E-state index is 0.0202. The number of carbonyl (C=O) groups is 1. The number of ketones is 1. The molecule has 1 N–H and O–H groups in total. The Morgan fingerprint density at radius 1 is 1.24 bits per heavy atom. The highest BCUT2D eigenvalue weighted by Crippen LogP contribution is 2.40. The van der Waals surface area contributed by atoms with Crippen molar-refractivity contribution in [2.75, 3.05) is 20.7 Å². The maximum Gasteiger partial charge on any atom is 0.404 e. The Labute approximate surface area is 214 Å². The van der Waals surface area contributed by atoms with Crippen molar-refractivity contribution >= 4 is 16.7 Å². The van der Waals surface area contributed by atoms with Crippen molar-refractivity contribution in [2.45, 2.75) is 64.7 Å². The molecular formula is C28H34F3N3O3. The summed E-state index contributed by atoms with van der Waals surface area (Å²) >= 11 is 0. The summed E-state index contributed by atoms with van der Waals surface area (Å²) in [4.78, 5) is 30.2. The number of aromatic amines is 1. The number of para-hydroxylation sites is 1. The van der Waals surface area contributed by atoms with Gasteiger partial charge in [-0.3, -0.25) is 14.5 Å². The van der Waals surface area contributed by atoms with Crippen LogP contribution in [0.25, 0.3) is 10.9 Å². The van der Waals surface area contributed by atoms with Crippen LogP contribution in [0.5, 0.6) is 5.75 Å². The number of rotatable bonds is 7. The lowest BCUT2D eigenvalue weighted by Gasteiger charge is -2.40. The number of aromatic nitrogens is 2. The number of methoxy groups -OCH3 is 1. The second-order valence-electron chi connectivity index (χ2n) is 10.2. The van der Waals surface area contributed by atoms with E-state index in [1.165, 1.54) is 19.1 Å². The average molecular weight is 518 g/mol. The fourth-order valence-corrected chi connectivity index (χ4v) is 5.88. The van der Waals surface area contributed by atoms with Gasteiger partial charge in [-0.2, -0.15) is 13.2 Å². The second-order valence-corrected chi connectivity index (χ2v) is 10.2. The number of nitrogens with one attached hydrogen (secondary N) is 1. The number of fused-ring (bicyclic) bond motifs is 1. The van der Waals surface area contributed by atoms with Gasteiger partial charge >= 0.3 is 6.18 Å². The van der Waals surface area contributed by atoms with E-state index in [0.29, 0.717) is 35.5 Å². The predicted octanol–water partition coefficient (Wildman–Crippen LogP) is 5.60. The van der Waals surface area contributed by atoms with E-state index in [0.717, 1.165) is 16.6 Å². The highest BCUT2D eigenvalue weighted by atomic mass is 19.4. The van der Waals surface area contributed by atoms with E-state index in [-0.39, 0.29) is 42.6 Å². The van der Waals surface area contributed by atoms with Crippen LogP contribution in [0.1, 0.15) is 59.5 Å². The summed E-state index contributed by atoms with van der Waals surface area (Å²) in [6.45, 7) is 5.95. The van der Waals surface area contributed by atoms with Crippen LogP contribution < -0.4 is 10.3 Å². The summed E-state index contributed by atoms with van der Waals surface area (Å²) in [6.07, 6.45) is -3.29. The molecule has 1 aliphatic rings. The highest BCUT2D eigenvalue weighted by molar-refractivity contribution is 6.09. The van der Waals surface area contributed by atoms with Gasteiger partial charge in [-0.1, -0.05) is 18.2 Å². The van der Waals surface area contributed by atoms with Crippen LogP contribution in [-0.2, 0) is 6.42 Å².